The van der Waals surface area contributed by atoms with Gasteiger partial charge in [-0.25, -0.2) is 0 Å². The minimum absolute atomic E-state index is 0.792. The Kier molecular flexibility index (Phi) is 7.94. The molecule has 0 bridgehead atoms. The van der Waals surface area contributed by atoms with Crippen molar-refractivity contribution in [2.75, 3.05) is 20.8 Å². The molecular formula is C25H31NO2. The highest BCUT2D eigenvalue weighted by Crippen LogP contribution is 2.19. The standard InChI is InChI=1S/C25H31NO2/c1-19(2)20(3)17-26(18-23-11-15-25(28-6)16-12-23)21(4)7-8-22-9-13-24(27-5)14-10-22/h7-16H,4,17-18H2,1-3,5-6H3. The van der Waals surface area contributed by atoms with Crippen LogP contribution >= 0.6 is 0 Å². The fourth-order valence-electron chi connectivity index (χ4n) is 2.67. The van der Waals surface area contributed by atoms with Crippen LogP contribution in [-0.2, 0) is 6.54 Å². The van der Waals surface area contributed by atoms with E-state index in [0.717, 1.165) is 35.8 Å². The van der Waals surface area contributed by atoms with Crippen LogP contribution in [0, 0.1) is 0 Å². The Bertz CT molecular complexity index is 826. The van der Waals surface area contributed by atoms with Crippen molar-refractivity contribution >= 4 is 6.08 Å². The minimum Gasteiger partial charge on any atom is -0.497 e. The Labute approximate surface area is 169 Å². The van der Waals surface area contributed by atoms with Gasteiger partial charge in [0.25, 0.3) is 0 Å². The quantitative estimate of drug-likeness (QED) is 0.390. The molecule has 0 spiro atoms. The van der Waals surface area contributed by atoms with Gasteiger partial charge in [-0.15, -0.1) is 0 Å². The van der Waals surface area contributed by atoms with Crippen LogP contribution in [0.4, 0.5) is 0 Å². The van der Waals surface area contributed by atoms with Crippen molar-refractivity contribution in [3.63, 3.8) is 0 Å². The first kappa shape index (κ1) is 21.4. The van der Waals surface area contributed by atoms with Gasteiger partial charge in [0.1, 0.15) is 11.5 Å². The summed E-state index contributed by atoms with van der Waals surface area (Å²) in [5, 5.41) is 0. The van der Waals surface area contributed by atoms with Crippen LogP contribution in [0.3, 0.4) is 0 Å². The minimum atomic E-state index is 0.792. The predicted octanol–water partition coefficient (Wildman–Crippen LogP) is 6.09. The van der Waals surface area contributed by atoms with E-state index in [0.29, 0.717) is 0 Å². The lowest BCUT2D eigenvalue weighted by Gasteiger charge is -2.26. The maximum atomic E-state index is 5.26. The van der Waals surface area contributed by atoms with Crippen molar-refractivity contribution in [2.24, 2.45) is 0 Å². The van der Waals surface area contributed by atoms with Gasteiger partial charge in [0.2, 0.25) is 0 Å². The second-order valence-corrected chi connectivity index (χ2v) is 7.08. The molecule has 3 nitrogen and oxygen atoms in total. The Morgan fingerprint density at radius 1 is 0.893 bits per heavy atom. The molecule has 0 unspecified atom stereocenters. The van der Waals surface area contributed by atoms with Crippen LogP contribution in [0.25, 0.3) is 6.08 Å². The molecule has 0 aliphatic carbocycles. The average molecular weight is 378 g/mol. The van der Waals surface area contributed by atoms with Crippen LogP contribution in [-0.4, -0.2) is 25.7 Å². The maximum Gasteiger partial charge on any atom is 0.118 e. The van der Waals surface area contributed by atoms with E-state index in [4.69, 9.17) is 9.47 Å². The van der Waals surface area contributed by atoms with Crippen molar-refractivity contribution in [2.45, 2.75) is 27.3 Å². The van der Waals surface area contributed by atoms with E-state index in [1.54, 1.807) is 14.2 Å². The van der Waals surface area contributed by atoms with E-state index in [9.17, 15) is 0 Å². The van der Waals surface area contributed by atoms with E-state index in [2.05, 4.69) is 56.5 Å². The molecule has 0 fully saturated rings. The van der Waals surface area contributed by atoms with Crippen molar-refractivity contribution < 1.29 is 9.47 Å². The van der Waals surface area contributed by atoms with E-state index < -0.39 is 0 Å². The molecule has 0 saturated heterocycles. The van der Waals surface area contributed by atoms with Crippen molar-refractivity contribution in [3.8, 4) is 11.5 Å². The van der Waals surface area contributed by atoms with Gasteiger partial charge in [-0.05, 0) is 62.2 Å². The van der Waals surface area contributed by atoms with Crippen molar-refractivity contribution in [3.05, 3.63) is 89.2 Å². The summed E-state index contributed by atoms with van der Waals surface area (Å²) in [6.07, 6.45) is 4.16. The zero-order valence-electron chi connectivity index (χ0n) is 17.7. The summed E-state index contributed by atoms with van der Waals surface area (Å²) in [5.74, 6) is 1.73. The lowest BCUT2D eigenvalue weighted by Crippen LogP contribution is -2.23. The normalized spacial score (nSPS) is 10.6. The smallest absolute Gasteiger partial charge is 0.118 e. The third kappa shape index (κ3) is 6.34. The van der Waals surface area contributed by atoms with Gasteiger partial charge in [0.05, 0.1) is 14.2 Å². The molecule has 0 saturated carbocycles. The van der Waals surface area contributed by atoms with E-state index in [-0.39, 0.29) is 0 Å². The van der Waals surface area contributed by atoms with Crippen LogP contribution in [0.5, 0.6) is 11.5 Å². The molecule has 0 amide bonds. The molecule has 2 aromatic rings. The molecule has 28 heavy (non-hydrogen) atoms. The zero-order valence-corrected chi connectivity index (χ0v) is 17.7. The molecule has 0 aliphatic rings. The van der Waals surface area contributed by atoms with Crippen LogP contribution in [0.2, 0.25) is 0 Å². The first-order valence-electron chi connectivity index (χ1n) is 9.44. The summed E-state index contributed by atoms with van der Waals surface area (Å²) in [6.45, 7) is 12.4. The fraction of sp³-hybridized carbons (Fsp3) is 0.280. The molecule has 0 N–H and O–H groups in total. The highest BCUT2D eigenvalue weighted by molar-refractivity contribution is 5.53. The first-order valence-corrected chi connectivity index (χ1v) is 9.44. The van der Waals surface area contributed by atoms with Gasteiger partial charge in [-0.3, -0.25) is 0 Å². The fourth-order valence-corrected chi connectivity index (χ4v) is 2.67. The van der Waals surface area contributed by atoms with Gasteiger partial charge < -0.3 is 14.4 Å². The molecular weight excluding hydrogens is 346 g/mol. The molecule has 0 atom stereocenters. The Balaban J connectivity index is 2.17. The number of hydrogen-bond donors (Lipinski definition) is 0. The predicted molar refractivity (Wildman–Crippen MR) is 119 cm³/mol. The maximum absolute atomic E-state index is 5.26. The Hall–Kier alpha value is -2.94. The van der Waals surface area contributed by atoms with Crippen LogP contribution < -0.4 is 9.47 Å². The molecule has 0 aliphatic heterocycles. The topological polar surface area (TPSA) is 21.7 Å². The summed E-state index contributed by atoms with van der Waals surface area (Å²) in [6, 6.07) is 16.2. The largest absolute Gasteiger partial charge is 0.497 e. The molecule has 0 aromatic heterocycles. The summed E-state index contributed by atoms with van der Waals surface area (Å²) >= 11 is 0. The lowest BCUT2D eigenvalue weighted by molar-refractivity contribution is 0.376. The summed E-state index contributed by atoms with van der Waals surface area (Å²) < 4.78 is 10.5. The average Bonchev–Trinajstić information content (AvgIpc) is 2.72. The van der Waals surface area contributed by atoms with Gasteiger partial charge >= 0.3 is 0 Å². The number of ether oxygens (including phenoxy) is 2. The third-order valence-electron chi connectivity index (χ3n) is 4.80. The number of benzene rings is 2. The summed E-state index contributed by atoms with van der Waals surface area (Å²) in [7, 11) is 3.36. The highest BCUT2D eigenvalue weighted by atomic mass is 16.5. The monoisotopic (exact) mass is 377 g/mol. The molecule has 3 heteroatoms. The lowest BCUT2D eigenvalue weighted by atomic mass is 10.1. The Morgan fingerprint density at radius 2 is 1.43 bits per heavy atom. The van der Waals surface area contributed by atoms with Gasteiger partial charge in [-0.1, -0.05) is 48.1 Å². The highest BCUT2D eigenvalue weighted by Gasteiger charge is 2.09. The number of methoxy groups -OCH3 is 2. The number of allylic oxidation sites excluding steroid dienone is 2. The first-order chi connectivity index (χ1) is 13.4. The molecule has 0 radical (unpaired) electrons. The molecule has 148 valence electrons. The van der Waals surface area contributed by atoms with E-state index in [1.165, 1.54) is 16.7 Å². The number of hydrogen-bond acceptors (Lipinski definition) is 3. The molecule has 2 rings (SSSR count). The van der Waals surface area contributed by atoms with Crippen LogP contribution in [0.15, 0.2) is 78.0 Å². The van der Waals surface area contributed by atoms with E-state index in [1.807, 2.05) is 36.4 Å². The third-order valence-corrected chi connectivity index (χ3v) is 4.80. The van der Waals surface area contributed by atoms with E-state index >= 15 is 0 Å². The second kappa shape index (κ2) is 10.4. The van der Waals surface area contributed by atoms with Crippen molar-refractivity contribution in [1.82, 2.24) is 4.90 Å². The SMILES string of the molecule is C=C(C=Cc1ccc(OC)cc1)N(CC(C)=C(C)C)Cc1ccc(OC)cc1. The molecule has 0 heterocycles. The van der Waals surface area contributed by atoms with Gasteiger partial charge in [-0.2, -0.15) is 0 Å². The molecule has 2 aromatic carbocycles. The van der Waals surface area contributed by atoms with Crippen LogP contribution in [0.1, 0.15) is 31.9 Å². The van der Waals surface area contributed by atoms with Crippen molar-refractivity contribution in [1.29, 1.82) is 0 Å². The number of nitrogens with zero attached hydrogens (tertiary/aromatic N) is 1. The summed E-state index contributed by atoms with van der Waals surface area (Å²) in [5.41, 5.74) is 6.01. The Morgan fingerprint density at radius 3 is 1.93 bits per heavy atom. The van der Waals surface area contributed by atoms with Gasteiger partial charge in [0.15, 0.2) is 0 Å². The summed E-state index contributed by atoms with van der Waals surface area (Å²) in [4.78, 5) is 2.30. The number of rotatable bonds is 9. The second-order valence-electron chi connectivity index (χ2n) is 7.08. The van der Waals surface area contributed by atoms with Gasteiger partial charge in [0, 0.05) is 18.8 Å². The zero-order chi connectivity index (χ0) is 20.5.